The summed E-state index contributed by atoms with van der Waals surface area (Å²) in [6.45, 7) is 4.21. The van der Waals surface area contributed by atoms with E-state index in [1.165, 1.54) is 12.8 Å². The van der Waals surface area contributed by atoms with Gasteiger partial charge in [0, 0.05) is 35.7 Å². The van der Waals surface area contributed by atoms with Crippen LogP contribution in [0.15, 0.2) is 29.1 Å². The number of benzene rings is 1. The highest BCUT2D eigenvalue weighted by Crippen LogP contribution is 2.34. The van der Waals surface area contributed by atoms with Crippen LogP contribution >= 0.6 is 0 Å². The first-order chi connectivity index (χ1) is 16.7. The Morgan fingerprint density at radius 1 is 1.24 bits per heavy atom. The third-order valence-electron chi connectivity index (χ3n) is 7.32. The number of methoxy groups -OCH3 is 1. The molecule has 1 saturated carbocycles. The molecule has 9 nitrogen and oxygen atoms in total. The van der Waals surface area contributed by atoms with Crippen molar-refractivity contribution in [2.24, 2.45) is 0 Å². The van der Waals surface area contributed by atoms with Crippen LogP contribution < -0.4 is 10.3 Å². The Bertz CT molecular complexity index is 1160. The van der Waals surface area contributed by atoms with Gasteiger partial charge < -0.3 is 14.5 Å². The fraction of sp³-hybridized carbons (Fsp3) is 0.600. The summed E-state index contributed by atoms with van der Waals surface area (Å²) in [5.74, 6) is 1.64. The first kappa shape index (κ1) is 23.0. The molecule has 2 aromatic heterocycles. The summed E-state index contributed by atoms with van der Waals surface area (Å²) in [4.78, 5) is 18.6. The van der Waals surface area contributed by atoms with Crippen LogP contribution in [0.3, 0.4) is 0 Å². The molecule has 2 aliphatic rings. The SMILES string of the molecule is CC[C@@H](c1nnnn1C[C@@H]1CCCO1)N(Cc1cc2cc(OC)ccc2[nH]c1=O)C1CCCC1. The Kier molecular flexibility index (Phi) is 6.92. The highest BCUT2D eigenvalue weighted by molar-refractivity contribution is 5.80. The number of ether oxygens (including phenoxy) is 2. The summed E-state index contributed by atoms with van der Waals surface area (Å²) >= 11 is 0. The van der Waals surface area contributed by atoms with Crippen molar-refractivity contribution in [3.8, 4) is 5.75 Å². The van der Waals surface area contributed by atoms with Crippen molar-refractivity contribution in [3.05, 3.63) is 46.0 Å². The number of fused-ring (bicyclic) bond motifs is 1. The van der Waals surface area contributed by atoms with E-state index in [1.54, 1.807) is 7.11 Å². The largest absolute Gasteiger partial charge is 0.497 e. The van der Waals surface area contributed by atoms with Gasteiger partial charge in [-0.25, -0.2) is 4.68 Å². The molecular formula is C25H34N6O3. The molecule has 0 amide bonds. The third kappa shape index (κ3) is 4.72. The number of aromatic amines is 1. The van der Waals surface area contributed by atoms with Crippen molar-refractivity contribution >= 4 is 10.9 Å². The van der Waals surface area contributed by atoms with Gasteiger partial charge in [-0.15, -0.1) is 5.10 Å². The monoisotopic (exact) mass is 466 g/mol. The van der Waals surface area contributed by atoms with Gasteiger partial charge in [-0.1, -0.05) is 19.8 Å². The average molecular weight is 467 g/mol. The van der Waals surface area contributed by atoms with Crippen molar-refractivity contribution in [3.63, 3.8) is 0 Å². The molecule has 9 heteroatoms. The van der Waals surface area contributed by atoms with Gasteiger partial charge in [-0.2, -0.15) is 0 Å². The van der Waals surface area contributed by atoms with Crippen molar-refractivity contribution in [1.82, 2.24) is 30.1 Å². The molecule has 0 bridgehead atoms. The predicted molar refractivity (Wildman–Crippen MR) is 129 cm³/mol. The third-order valence-corrected chi connectivity index (χ3v) is 7.32. The Morgan fingerprint density at radius 3 is 2.82 bits per heavy atom. The molecule has 5 rings (SSSR count). The van der Waals surface area contributed by atoms with Crippen molar-refractivity contribution < 1.29 is 9.47 Å². The van der Waals surface area contributed by atoms with Crippen LogP contribution in [0.2, 0.25) is 0 Å². The van der Waals surface area contributed by atoms with Gasteiger partial charge in [0.15, 0.2) is 5.82 Å². The summed E-state index contributed by atoms with van der Waals surface area (Å²) in [5.41, 5.74) is 1.52. The molecule has 34 heavy (non-hydrogen) atoms. The first-order valence-corrected chi connectivity index (χ1v) is 12.5. The molecule has 1 saturated heterocycles. The van der Waals surface area contributed by atoms with Gasteiger partial charge in [0.25, 0.3) is 5.56 Å². The summed E-state index contributed by atoms with van der Waals surface area (Å²) in [5, 5.41) is 13.8. The molecule has 3 heterocycles. The molecule has 1 N–H and O–H groups in total. The lowest BCUT2D eigenvalue weighted by molar-refractivity contribution is 0.0839. The fourth-order valence-electron chi connectivity index (χ4n) is 5.53. The van der Waals surface area contributed by atoms with Crippen LogP contribution in [0.1, 0.15) is 69.3 Å². The summed E-state index contributed by atoms with van der Waals surface area (Å²) in [6, 6.07) is 8.15. The summed E-state index contributed by atoms with van der Waals surface area (Å²) < 4.78 is 13.1. The van der Waals surface area contributed by atoms with Crippen molar-refractivity contribution in [1.29, 1.82) is 0 Å². The Hall–Kier alpha value is -2.78. The van der Waals surface area contributed by atoms with E-state index in [0.29, 0.717) is 19.1 Å². The predicted octanol–water partition coefficient (Wildman–Crippen LogP) is 3.60. The van der Waals surface area contributed by atoms with E-state index in [-0.39, 0.29) is 17.7 Å². The number of rotatable bonds is 9. The minimum atomic E-state index is -0.0468. The van der Waals surface area contributed by atoms with Gasteiger partial charge in [-0.3, -0.25) is 9.69 Å². The Balaban J connectivity index is 1.48. The minimum absolute atomic E-state index is 0.0277. The van der Waals surface area contributed by atoms with E-state index in [0.717, 1.165) is 66.8 Å². The quantitative estimate of drug-likeness (QED) is 0.514. The number of pyridine rings is 1. The van der Waals surface area contributed by atoms with Crippen molar-refractivity contribution in [2.45, 2.75) is 83.1 Å². The topological polar surface area (TPSA) is 98.2 Å². The number of hydrogen-bond donors (Lipinski definition) is 1. The molecule has 182 valence electrons. The van der Waals surface area contributed by atoms with E-state index in [2.05, 4.69) is 32.3 Å². The maximum atomic E-state index is 13.1. The smallest absolute Gasteiger partial charge is 0.252 e. The molecular weight excluding hydrogens is 432 g/mol. The Morgan fingerprint density at radius 2 is 2.09 bits per heavy atom. The van der Waals surface area contributed by atoms with Crippen LogP contribution in [0.5, 0.6) is 5.75 Å². The fourth-order valence-corrected chi connectivity index (χ4v) is 5.53. The molecule has 1 aliphatic heterocycles. The maximum Gasteiger partial charge on any atom is 0.252 e. The van der Waals surface area contributed by atoms with E-state index >= 15 is 0 Å². The number of nitrogens with zero attached hydrogens (tertiary/aromatic N) is 5. The minimum Gasteiger partial charge on any atom is -0.497 e. The lowest BCUT2D eigenvalue weighted by Crippen LogP contribution is -2.39. The van der Waals surface area contributed by atoms with Crippen LogP contribution in [0.4, 0.5) is 0 Å². The number of hydrogen-bond acceptors (Lipinski definition) is 7. The molecule has 2 fully saturated rings. The second-order valence-electron chi connectivity index (χ2n) is 9.47. The zero-order chi connectivity index (χ0) is 23.5. The molecule has 1 aliphatic carbocycles. The van der Waals surface area contributed by atoms with E-state index in [1.807, 2.05) is 28.9 Å². The van der Waals surface area contributed by atoms with E-state index in [9.17, 15) is 4.79 Å². The highest BCUT2D eigenvalue weighted by atomic mass is 16.5. The number of aromatic nitrogens is 5. The van der Waals surface area contributed by atoms with Gasteiger partial charge in [0.2, 0.25) is 0 Å². The first-order valence-electron chi connectivity index (χ1n) is 12.5. The van der Waals surface area contributed by atoms with Crippen LogP contribution in [-0.2, 0) is 17.8 Å². The summed E-state index contributed by atoms with van der Waals surface area (Å²) in [6.07, 6.45) is 7.83. The zero-order valence-electron chi connectivity index (χ0n) is 20.1. The van der Waals surface area contributed by atoms with Gasteiger partial charge >= 0.3 is 0 Å². The lowest BCUT2D eigenvalue weighted by atomic mass is 10.0. The van der Waals surface area contributed by atoms with Gasteiger partial charge in [-0.05, 0) is 66.8 Å². The number of tetrazole rings is 1. The second-order valence-corrected chi connectivity index (χ2v) is 9.47. The molecule has 0 unspecified atom stereocenters. The van der Waals surface area contributed by atoms with Gasteiger partial charge in [0.05, 0.1) is 25.8 Å². The Labute approximate surface area is 199 Å². The molecule has 0 radical (unpaired) electrons. The number of nitrogens with one attached hydrogen (secondary N) is 1. The molecule has 2 atom stereocenters. The second kappa shape index (κ2) is 10.2. The van der Waals surface area contributed by atoms with Crippen molar-refractivity contribution in [2.75, 3.05) is 13.7 Å². The number of H-pyrrole nitrogens is 1. The zero-order valence-corrected chi connectivity index (χ0v) is 20.1. The maximum absolute atomic E-state index is 13.1. The summed E-state index contributed by atoms with van der Waals surface area (Å²) in [7, 11) is 1.65. The van der Waals surface area contributed by atoms with Gasteiger partial charge in [0.1, 0.15) is 5.75 Å². The van der Waals surface area contributed by atoms with Crippen LogP contribution in [-0.4, -0.2) is 56.0 Å². The van der Waals surface area contributed by atoms with Crippen LogP contribution in [0.25, 0.3) is 10.9 Å². The lowest BCUT2D eigenvalue weighted by Gasteiger charge is -2.35. The van der Waals surface area contributed by atoms with E-state index in [4.69, 9.17) is 9.47 Å². The van der Waals surface area contributed by atoms with E-state index < -0.39 is 0 Å². The molecule has 0 spiro atoms. The normalized spacial score (nSPS) is 19.9. The van der Waals surface area contributed by atoms with Crippen LogP contribution in [0, 0.1) is 0 Å². The highest BCUT2D eigenvalue weighted by Gasteiger charge is 2.33. The molecule has 3 aromatic rings. The average Bonchev–Trinajstić information content (AvgIpc) is 3.63. The standard InChI is InChI=1S/C25H34N6O3/c1-3-23(24-27-28-29-31(24)16-21-9-6-12-34-21)30(19-7-4-5-8-19)15-18-13-17-14-20(33-2)10-11-22(17)26-25(18)32/h10-11,13-14,19,21,23H,3-9,12,15-16H2,1-2H3,(H,26,32)/t21-,23-/m0/s1. The molecule has 1 aromatic carbocycles.